The van der Waals surface area contributed by atoms with E-state index >= 15 is 0 Å². The van der Waals surface area contributed by atoms with Crippen LogP contribution in [0.2, 0.25) is 0 Å². The molecule has 0 aliphatic carbocycles. The molecule has 1 fully saturated rings. The summed E-state index contributed by atoms with van der Waals surface area (Å²) in [4.78, 5) is 2.49. The molecule has 1 unspecified atom stereocenters. The second-order valence-corrected chi connectivity index (χ2v) is 4.60. The highest BCUT2D eigenvalue weighted by Gasteiger charge is 2.22. The Morgan fingerprint density at radius 3 is 2.62 bits per heavy atom. The van der Waals surface area contributed by atoms with E-state index < -0.39 is 0 Å². The van der Waals surface area contributed by atoms with E-state index in [4.69, 9.17) is 5.73 Å². The van der Waals surface area contributed by atoms with E-state index in [0.29, 0.717) is 12.1 Å². The van der Waals surface area contributed by atoms with Crippen LogP contribution in [0.15, 0.2) is 30.3 Å². The Labute approximate surface area is 104 Å². The zero-order valence-corrected chi connectivity index (χ0v) is 10.6. The Hall–Kier alpha value is -0.570. The van der Waals surface area contributed by atoms with Crippen molar-refractivity contribution in [2.75, 3.05) is 6.54 Å². The molecule has 0 spiro atoms. The van der Waals surface area contributed by atoms with Crippen LogP contribution in [-0.4, -0.2) is 23.5 Å². The van der Waals surface area contributed by atoms with Crippen molar-refractivity contribution < 1.29 is 0 Å². The van der Waals surface area contributed by atoms with Crippen molar-refractivity contribution in [2.45, 2.75) is 38.4 Å². The van der Waals surface area contributed by atoms with E-state index in [9.17, 15) is 0 Å². The van der Waals surface area contributed by atoms with Crippen molar-refractivity contribution in [1.29, 1.82) is 0 Å². The molecule has 2 atom stereocenters. The van der Waals surface area contributed by atoms with E-state index in [1.165, 1.54) is 18.4 Å². The maximum atomic E-state index is 6.00. The normalized spacial score (nSPS) is 26.1. The van der Waals surface area contributed by atoms with Crippen molar-refractivity contribution >= 4 is 12.4 Å². The predicted molar refractivity (Wildman–Crippen MR) is 70.8 cm³/mol. The fourth-order valence-corrected chi connectivity index (χ4v) is 2.25. The molecule has 1 aliphatic rings. The van der Waals surface area contributed by atoms with Crippen LogP contribution < -0.4 is 5.73 Å². The zero-order valence-electron chi connectivity index (χ0n) is 9.80. The highest BCUT2D eigenvalue weighted by Crippen LogP contribution is 2.18. The van der Waals surface area contributed by atoms with Crippen LogP contribution in [0.4, 0.5) is 0 Å². The molecule has 1 saturated heterocycles. The lowest BCUT2D eigenvalue weighted by molar-refractivity contribution is 0.138. The highest BCUT2D eigenvalue weighted by molar-refractivity contribution is 5.85. The van der Waals surface area contributed by atoms with Gasteiger partial charge in [-0.15, -0.1) is 12.4 Å². The lowest BCUT2D eigenvalue weighted by Gasteiger charge is -2.36. The van der Waals surface area contributed by atoms with Gasteiger partial charge in [-0.2, -0.15) is 0 Å². The van der Waals surface area contributed by atoms with Gasteiger partial charge in [0.05, 0.1) is 0 Å². The Balaban J connectivity index is 0.00000128. The van der Waals surface area contributed by atoms with E-state index in [-0.39, 0.29) is 12.4 Å². The molecule has 0 amide bonds. The monoisotopic (exact) mass is 240 g/mol. The molecule has 90 valence electrons. The third-order valence-corrected chi connectivity index (χ3v) is 3.28. The first-order chi connectivity index (χ1) is 7.25. The number of benzene rings is 1. The average molecular weight is 241 g/mol. The number of piperidine rings is 1. The molecule has 1 aromatic carbocycles. The molecule has 16 heavy (non-hydrogen) atoms. The largest absolute Gasteiger partial charge is 0.327 e. The number of likely N-dealkylation sites (tertiary alicyclic amines) is 1. The molecule has 2 nitrogen and oxygen atoms in total. The third kappa shape index (κ3) is 3.48. The number of nitrogens with two attached hydrogens (primary N) is 1. The first-order valence-electron chi connectivity index (χ1n) is 5.79. The molecule has 1 aromatic rings. The summed E-state index contributed by atoms with van der Waals surface area (Å²) < 4.78 is 0. The van der Waals surface area contributed by atoms with Gasteiger partial charge in [-0.3, -0.25) is 4.90 Å². The standard InChI is InChI=1S/C13H20N2.ClH/c1-11-7-8-13(14)10-15(11)9-12-5-3-2-4-6-12;/h2-6,11,13H,7-10,14H2,1H3;1H/t11?,13-;/m1./s1. The van der Waals surface area contributed by atoms with Gasteiger partial charge in [-0.1, -0.05) is 30.3 Å². The zero-order chi connectivity index (χ0) is 10.7. The van der Waals surface area contributed by atoms with Crippen molar-refractivity contribution in [1.82, 2.24) is 4.90 Å². The molecular formula is C13H21ClN2. The van der Waals surface area contributed by atoms with E-state index in [1.807, 2.05) is 0 Å². The maximum Gasteiger partial charge on any atom is 0.0237 e. The fourth-order valence-electron chi connectivity index (χ4n) is 2.25. The molecule has 2 N–H and O–H groups in total. The highest BCUT2D eigenvalue weighted by atomic mass is 35.5. The molecule has 1 aliphatic heterocycles. The fraction of sp³-hybridized carbons (Fsp3) is 0.538. The number of nitrogens with zero attached hydrogens (tertiary/aromatic N) is 1. The van der Waals surface area contributed by atoms with E-state index in [0.717, 1.165) is 13.1 Å². The number of hydrogen-bond acceptors (Lipinski definition) is 2. The Kier molecular flexibility index (Phi) is 5.26. The first-order valence-corrected chi connectivity index (χ1v) is 5.79. The molecule has 0 bridgehead atoms. The van der Waals surface area contributed by atoms with Gasteiger partial charge in [-0.05, 0) is 25.3 Å². The Morgan fingerprint density at radius 1 is 1.25 bits per heavy atom. The van der Waals surface area contributed by atoms with Crippen LogP contribution >= 0.6 is 12.4 Å². The van der Waals surface area contributed by atoms with Crippen LogP contribution in [0.1, 0.15) is 25.3 Å². The molecule has 0 aromatic heterocycles. The molecule has 2 rings (SSSR count). The summed E-state index contributed by atoms with van der Waals surface area (Å²) in [5, 5.41) is 0. The molecule has 0 saturated carbocycles. The van der Waals surface area contributed by atoms with Gasteiger partial charge in [0.15, 0.2) is 0 Å². The smallest absolute Gasteiger partial charge is 0.0237 e. The summed E-state index contributed by atoms with van der Waals surface area (Å²) >= 11 is 0. The summed E-state index contributed by atoms with van der Waals surface area (Å²) in [6, 6.07) is 11.7. The number of hydrogen-bond donors (Lipinski definition) is 1. The van der Waals surface area contributed by atoms with Gasteiger partial charge < -0.3 is 5.73 Å². The molecular weight excluding hydrogens is 220 g/mol. The van der Waals surface area contributed by atoms with Crippen LogP contribution in [0.25, 0.3) is 0 Å². The quantitative estimate of drug-likeness (QED) is 0.861. The molecule has 1 heterocycles. The minimum absolute atomic E-state index is 0. The lowest BCUT2D eigenvalue weighted by atomic mass is 9.99. The third-order valence-electron chi connectivity index (χ3n) is 3.28. The second kappa shape index (κ2) is 6.24. The van der Waals surface area contributed by atoms with Gasteiger partial charge >= 0.3 is 0 Å². The Morgan fingerprint density at radius 2 is 1.94 bits per heavy atom. The topological polar surface area (TPSA) is 29.3 Å². The molecule has 3 heteroatoms. The molecule has 0 radical (unpaired) electrons. The van der Waals surface area contributed by atoms with Crippen molar-refractivity contribution in [3.8, 4) is 0 Å². The summed E-state index contributed by atoms with van der Waals surface area (Å²) in [7, 11) is 0. The summed E-state index contributed by atoms with van der Waals surface area (Å²) in [5.74, 6) is 0. The van der Waals surface area contributed by atoms with Crippen molar-refractivity contribution in [3.63, 3.8) is 0 Å². The lowest BCUT2D eigenvalue weighted by Crippen LogP contribution is -2.46. The number of rotatable bonds is 2. The van der Waals surface area contributed by atoms with Gasteiger partial charge in [0.25, 0.3) is 0 Å². The SMILES string of the molecule is CC1CC[C@@H](N)CN1Cc1ccccc1.Cl. The summed E-state index contributed by atoms with van der Waals surface area (Å²) in [6.45, 7) is 4.38. The van der Waals surface area contributed by atoms with Crippen LogP contribution in [0.3, 0.4) is 0 Å². The van der Waals surface area contributed by atoms with E-state index in [2.05, 4.69) is 42.2 Å². The second-order valence-electron chi connectivity index (χ2n) is 4.60. The summed E-state index contributed by atoms with van der Waals surface area (Å²) in [6.07, 6.45) is 2.40. The van der Waals surface area contributed by atoms with Gasteiger partial charge in [0.1, 0.15) is 0 Å². The van der Waals surface area contributed by atoms with Crippen molar-refractivity contribution in [2.24, 2.45) is 5.73 Å². The minimum atomic E-state index is 0. The van der Waals surface area contributed by atoms with Crippen molar-refractivity contribution in [3.05, 3.63) is 35.9 Å². The van der Waals surface area contributed by atoms with Gasteiger partial charge in [-0.25, -0.2) is 0 Å². The average Bonchev–Trinajstić information content (AvgIpc) is 2.25. The minimum Gasteiger partial charge on any atom is -0.327 e. The number of halogens is 1. The van der Waals surface area contributed by atoms with Crippen LogP contribution in [0, 0.1) is 0 Å². The van der Waals surface area contributed by atoms with Crippen LogP contribution in [0.5, 0.6) is 0 Å². The Bertz CT molecular complexity index is 302. The van der Waals surface area contributed by atoms with E-state index in [1.54, 1.807) is 0 Å². The van der Waals surface area contributed by atoms with Gasteiger partial charge in [0.2, 0.25) is 0 Å². The first kappa shape index (κ1) is 13.5. The maximum absolute atomic E-state index is 6.00. The van der Waals surface area contributed by atoms with Crippen LogP contribution in [-0.2, 0) is 6.54 Å². The van der Waals surface area contributed by atoms with Gasteiger partial charge in [0, 0.05) is 25.2 Å². The summed E-state index contributed by atoms with van der Waals surface area (Å²) in [5.41, 5.74) is 7.39. The predicted octanol–water partition coefficient (Wildman–Crippen LogP) is 2.42.